The number of hydrogen-bond acceptors (Lipinski definition) is 7. The second kappa shape index (κ2) is 8.61. The molecule has 1 aliphatic heterocycles. The molecule has 6 nitrogen and oxygen atoms in total. The molecule has 3 N–H and O–H groups in total. The maximum absolute atomic E-state index is 13.5. The van der Waals surface area contributed by atoms with E-state index in [1.54, 1.807) is 12.3 Å². The second-order valence-electron chi connectivity index (χ2n) is 7.25. The molecular weight excluding hydrogens is 411 g/mol. The van der Waals surface area contributed by atoms with Crippen molar-refractivity contribution in [2.24, 2.45) is 0 Å². The molecule has 1 aliphatic rings. The van der Waals surface area contributed by atoms with Gasteiger partial charge in [0, 0.05) is 30.4 Å². The van der Waals surface area contributed by atoms with Crippen LogP contribution < -0.4 is 16.0 Å². The third-order valence-corrected chi connectivity index (χ3v) is 5.76. The van der Waals surface area contributed by atoms with Crippen molar-refractivity contribution in [2.45, 2.75) is 32.4 Å². The SMILES string of the molecule is CC(C)Nc1ncc(-c2cc(-c3ccc(F)cc3Cl)nc(N[C@H]3CCNC3)n2)s1. The molecule has 1 aromatic carbocycles. The van der Waals surface area contributed by atoms with Crippen LogP contribution in [0.5, 0.6) is 0 Å². The van der Waals surface area contributed by atoms with E-state index in [0.717, 1.165) is 35.2 Å². The number of benzene rings is 1. The highest BCUT2D eigenvalue weighted by Crippen LogP contribution is 2.33. The van der Waals surface area contributed by atoms with E-state index in [2.05, 4.69) is 39.8 Å². The van der Waals surface area contributed by atoms with Gasteiger partial charge < -0.3 is 16.0 Å². The molecule has 0 bridgehead atoms. The fourth-order valence-electron chi connectivity index (χ4n) is 3.14. The summed E-state index contributed by atoms with van der Waals surface area (Å²) in [6, 6.07) is 6.74. The van der Waals surface area contributed by atoms with Gasteiger partial charge in [0.25, 0.3) is 0 Å². The van der Waals surface area contributed by atoms with Gasteiger partial charge in [-0.25, -0.2) is 19.3 Å². The monoisotopic (exact) mass is 432 g/mol. The van der Waals surface area contributed by atoms with Crippen LogP contribution >= 0.6 is 22.9 Å². The number of thiazole rings is 1. The number of anilines is 2. The minimum atomic E-state index is -0.379. The lowest BCUT2D eigenvalue weighted by atomic mass is 10.1. The van der Waals surface area contributed by atoms with E-state index < -0.39 is 0 Å². The van der Waals surface area contributed by atoms with Crippen molar-refractivity contribution < 1.29 is 4.39 Å². The number of rotatable bonds is 6. The largest absolute Gasteiger partial charge is 0.359 e. The zero-order valence-electron chi connectivity index (χ0n) is 16.2. The summed E-state index contributed by atoms with van der Waals surface area (Å²) in [5, 5.41) is 11.2. The molecule has 4 rings (SSSR count). The van der Waals surface area contributed by atoms with Crippen molar-refractivity contribution in [3.05, 3.63) is 41.3 Å². The molecule has 1 atom stereocenters. The van der Waals surface area contributed by atoms with Gasteiger partial charge in [0.1, 0.15) is 5.82 Å². The predicted molar refractivity (Wildman–Crippen MR) is 117 cm³/mol. The van der Waals surface area contributed by atoms with Gasteiger partial charge >= 0.3 is 0 Å². The fourth-order valence-corrected chi connectivity index (χ4v) is 4.33. The average molecular weight is 433 g/mol. The van der Waals surface area contributed by atoms with Crippen LogP contribution in [0, 0.1) is 5.82 Å². The normalized spacial score (nSPS) is 16.4. The molecule has 2 aromatic heterocycles. The summed E-state index contributed by atoms with van der Waals surface area (Å²) in [4.78, 5) is 14.7. The van der Waals surface area contributed by atoms with Gasteiger partial charge in [-0.15, -0.1) is 0 Å². The first-order chi connectivity index (χ1) is 14.0. The fraction of sp³-hybridized carbons (Fsp3) is 0.350. The zero-order chi connectivity index (χ0) is 20.4. The van der Waals surface area contributed by atoms with E-state index in [-0.39, 0.29) is 11.9 Å². The van der Waals surface area contributed by atoms with Crippen LogP contribution in [-0.4, -0.2) is 40.1 Å². The number of nitrogens with one attached hydrogen (secondary N) is 3. The summed E-state index contributed by atoms with van der Waals surface area (Å²) in [5.74, 6) is 0.147. The number of hydrogen-bond donors (Lipinski definition) is 3. The number of nitrogens with zero attached hydrogens (tertiary/aromatic N) is 3. The topological polar surface area (TPSA) is 74.8 Å². The predicted octanol–water partition coefficient (Wildman–Crippen LogP) is 4.65. The first-order valence-corrected chi connectivity index (χ1v) is 10.7. The minimum Gasteiger partial charge on any atom is -0.359 e. The number of halogens is 2. The van der Waals surface area contributed by atoms with E-state index in [0.29, 0.717) is 28.3 Å². The van der Waals surface area contributed by atoms with Gasteiger partial charge in [-0.05, 0) is 51.1 Å². The van der Waals surface area contributed by atoms with Crippen molar-refractivity contribution in [1.29, 1.82) is 0 Å². The van der Waals surface area contributed by atoms with Crippen molar-refractivity contribution in [1.82, 2.24) is 20.3 Å². The first-order valence-electron chi connectivity index (χ1n) is 9.52. The quantitative estimate of drug-likeness (QED) is 0.526. The van der Waals surface area contributed by atoms with Crippen LogP contribution in [0.4, 0.5) is 15.5 Å². The minimum absolute atomic E-state index is 0.265. The van der Waals surface area contributed by atoms with Crippen LogP contribution in [-0.2, 0) is 0 Å². The molecule has 29 heavy (non-hydrogen) atoms. The highest BCUT2D eigenvalue weighted by molar-refractivity contribution is 7.18. The Kier molecular flexibility index (Phi) is 5.94. The Bertz CT molecular complexity index is 1000. The lowest BCUT2D eigenvalue weighted by Gasteiger charge is -2.14. The Hall–Kier alpha value is -2.29. The maximum Gasteiger partial charge on any atom is 0.224 e. The van der Waals surface area contributed by atoms with Crippen molar-refractivity contribution in [2.75, 3.05) is 23.7 Å². The molecule has 0 radical (unpaired) electrons. The smallest absolute Gasteiger partial charge is 0.224 e. The Morgan fingerprint density at radius 2 is 2.07 bits per heavy atom. The standard InChI is InChI=1S/C20H22ClFN6S/c1-11(2)25-20-24-10-18(29-20)17-8-16(14-4-3-12(22)7-15(14)21)27-19(28-17)26-13-5-6-23-9-13/h3-4,7-8,10-11,13,23H,5-6,9H2,1-2H3,(H,24,25)(H,26,27,28)/t13-/m0/s1. The maximum atomic E-state index is 13.5. The Morgan fingerprint density at radius 1 is 1.24 bits per heavy atom. The van der Waals surface area contributed by atoms with E-state index in [1.165, 1.54) is 23.5 Å². The molecule has 3 heterocycles. The Morgan fingerprint density at radius 3 is 2.79 bits per heavy atom. The second-order valence-corrected chi connectivity index (χ2v) is 8.69. The van der Waals surface area contributed by atoms with Crippen molar-refractivity contribution in [3.8, 4) is 21.8 Å². The van der Waals surface area contributed by atoms with Gasteiger partial charge in [-0.2, -0.15) is 0 Å². The summed E-state index contributed by atoms with van der Waals surface area (Å²) in [7, 11) is 0. The van der Waals surface area contributed by atoms with Crippen LogP contribution in [0.3, 0.4) is 0 Å². The summed E-state index contributed by atoms with van der Waals surface area (Å²) in [6.07, 6.45) is 2.80. The molecule has 1 saturated heterocycles. The molecule has 0 spiro atoms. The molecule has 1 fully saturated rings. The lowest BCUT2D eigenvalue weighted by Crippen LogP contribution is -2.23. The van der Waals surface area contributed by atoms with E-state index in [4.69, 9.17) is 16.6 Å². The first kappa shape index (κ1) is 20.0. The molecule has 0 unspecified atom stereocenters. The summed E-state index contributed by atoms with van der Waals surface area (Å²) in [5.41, 5.74) is 2.05. The summed E-state index contributed by atoms with van der Waals surface area (Å²) >= 11 is 7.83. The van der Waals surface area contributed by atoms with Crippen LogP contribution in [0.25, 0.3) is 21.8 Å². The van der Waals surface area contributed by atoms with E-state index in [1.807, 2.05) is 6.07 Å². The molecule has 0 amide bonds. The third kappa shape index (κ3) is 4.83. The number of aromatic nitrogens is 3. The van der Waals surface area contributed by atoms with E-state index in [9.17, 15) is 4.39 Å². The summed E-state index contributed by atoms with van der Waals surface area (Å²) in [6.45, 7) is 5.96. The lowest BCUT2D eigenvalue weighted by molar-refractivity contribution is 0.628. The van der Waals surface area contributed by atoms with Gasteiger partial charge in [-0.1, -0.05) is 22.9 Å². The average Bonchev–Trinajstić information content (AvgIpc) is 3.33. The Labute approximate surface area is 178 Å². The highest BCUT2D eigenvalue weighted by Gasteiger charge is 2.18. The van der Waals surface area contributed by atoms with Crippen LogP contribution in [0.15, 0.2) is 30.5 Å². The molecule has 3 aromatic rings. The zero-order valence-corrected chi connectivity index (χ0v) is 17.7. The molecule has 0 aliphatic carbocycles. The molecule has 152 valence electrons. The summed E-state index contributed by atoms with van der Waals surface area (Å²) < 4.78 is 13.5. The van der Waals surface area contributed by atoms with Gasteiger partial charge in [0.05, 0.1) is 21.3 Å². The molecule has 0 saturated carbocycles. The van der Waals surface area contributed by atoms with Crippen LogP contribution in [0.1, 0.15) is 20.3 Å². The Balaban J connectivity index is 1.74. The van der Waals surface area contributed by atoms with Gasteiger partial charge in [-0.3, -0.25) is 0 Å². The van der Waals surface area contributed by atoms with Gasteiger partial charge in [0.15, 0.2) is 5.13 Å². The molecule has 9 heteroatoms. The molecular formula is C20H22ClFN6S. The van der Waals surface area contributed by atoms with Gasteiger partial charge in [0.2, 0.25) is 5.95 Å². The van der Waals surface area contributed by atoms with Crippen molar-refractivity contribution >= 4 is 34.0 Å². The highest BCUT2D eigenvalue weighted by atomic mass is 35.5. The third-order valence-electron chi connectivity index (χ3n) is 4.50. The van der Waals surface area contributed by atoms with E-state index >= 15 is 0 Å². The van der Waals surface area contributed by atoms with Crippen LogP contribution in [0.2, 0.25) is 5.02 Å². The van der Waals surface area contributed by atoms with Crippen molar-refractivity contribution in [3.63, 3.8) is 0 Å².